The summed E-state index contributed by atoms with van der Waals surface area (Å²) in [6, 6.07) is 2.60. The Morgan fingerprint density at radius 2 is 1.66 bits per heavy atom. The van der Waals surface area contributed by atoms with Crippen molar-refractivity contribution in [1.82, 2.24) is 14.3 Å². The summed E-state index contributed by atoms with van der Waals surface area (Å²) in [5.74, 6) is 0.00281. The predicted molar refractivity (Wildman–Crippen MR) is 128 cm³/mol. The van der Waals surface area contributed by atoms with Gasteiger partial charge in [0.15, 0.2) is 0 Å². The molecule has 0 aliphatic carbocycles. The minimum atomic E-state index is -6.06. The van der Waals surface area contributed by atoms with Crippen LogP contribution in [0.1, 0.15) is 24.8 Å². The number of aliphatic hydroxyl groups is 1. The van der Waals surface area contributed by atoms with E-state index in [9.17, 15) is 39.9 Å². The Morgan fingerprint density at radius 3 is 2.18 bits per heavy atom. The SMILES string of the molecule is O=S(=O)(c1ccc(Br)s1)N1CCN(c2ncc(C(O)(C(F)(F)F)C(F)(F)F)cn2)[C@@H](CC2CCOCC2)C1. The van der Waals surface area contributed by atoms with Crippen molar-refractivity contribution in [3.63, 3.8) is 0 Å². The van der Waals surface area contributed by atoms with Gasteiger partial charge in [0.05, 0.1) is 3.79 Å². The van der Waals surface area contributed by atoms with E-state index < -0.39 is 39.6 Å². The van der Waals surface area contributed by atoms with Crippen LogP contribution in [0.15, 0.2) is 32.5 Å². The Bertz CT molecular complexity index is 1210. The second-order valence-corrected chi connectivity index (χ2v) is 13.7. The molecule has 0 aromatic carbocycles. The average molecular weight is 653 g/mol. The zero-order valence-corrected chi connectivity index (χ0v) is 22.8. The molecule has 0 unspecified atom stereocenters. The molecule has 4 rings (SSSR count). The van der Waals surface area contributed by atoms with Gasteiger partial charge in [0.1, 0.15) is 4.21 Å². The quantitative estimate of drug-likeness (QED) is 0.465. The van der Waals surface area contributed by atoms with Crippen LogP contribution in [0, 0.1) is 5.92 Å². The lowest BCUT2D eigenvalue weighted by molar-refractivity contribution is -0.376. The molecule has 2 fully saturated rings. The standard InChI is InChI=1S/C21H23BrF6N4O4S2/c22-16-1-2-17(37-16)38(34,35)31-5-6-32(15(12-31)9-13-3-7-36-8-4-13)18-29-10-14(11-30-18)19(33,20(23,24)25)21(26,27)28/h1-2,10-11,13,15,33H,3-9,12H2/t15-/m0/s1. The maximum absolute atomic E-state index is 13.2. The highest BCUT2D eigenvalue weighted by molar-refractivity contribution is 9.11. The van der Waals surface area contributed by atoms with Crippen LogP contribution in [0.2, 0.25) is 0 Å². The van der Waals surface area contributed by atoms with Crippen molar-refractivity contribution in [2.24, 2.45) is 5.92 Å². The number of sulfonamides is 1. The summed E-state index contributed by atoms with van der Waals surface area (Å²) in [6.07, 6.45) is -9.57. The third kappa shape index (κ3) is 5.68. The van der Waals surface area contributed by atoms with Crippen molar-refractivity contribution in [2.75, 3.05) is 37.7 Å². The summed E-state index contributed by atoms with van der Waals surface area (Å²) in [6.45, 7) is 1.14. The molecule has 0 bridgehead atoms. The summed E-state index contributed by atoms with van der Waals surface area (Å²) in [5, 5.41) is 9.63. The van der Waals surface area contributed by atoms with Crippen molar-refractivity contribution < 1.29 is 44.6 Å². The van der Waals surface area contributed by atoms with E-state index in [-0.39, 0.29) is 35.7 Å². The number of halogens is 7. The second kappa shape index (κ2) is 10.8. The maximum atomic E-state index is 13.2. The summed E-state index contributed by atoms with van der Waals surface area (Å²) >= 11 is 4.31. The number of rotatable bonds is 6. The molecule has 2 aliphatic heterocycles. The van der Waals surface area contributed by atoms with Crippen LogP contribution in [0.25, 0.3) is 0 Å². The fourth-order valence-corrected chi connectivity index (χ4v) is 8.22. The molecule has 1 N–H and O–H groups in total. The van der Waals surface area contributed by atoms with Gasteiger partial charge in [-0.15, -0.1) is 11.3 Å². The van der Waals surface area contributed by atoms with Gasteiger partial charge < -0.3 is 14.7 Å². The maximum Gasteiger partial charge on any atom is 0.430 e. The van der Waals surface area contributed by atoms with Gasteiger partial charge in [0.2, 0.25) is 5.95 Å². The number of piperazine rings is 1. The molecule has 1 atom stereocenters. The Labute approximate surface area is 226 Å². The minimum absolute atomic E-state index is 0.00226. The van der Waals surface area contributed by atoms with Crippen LogP contribution in [0.4, 0.5) is 32.3 Å². The lowest BCUT2D eigenvalue weighted by atomic mass is 9.91. The first kappa shape index (κ1) is 29.5. The van der Waals surface area contributed by atoms with E-state index in [1.54, 1.807) is 11.0 Å². The van der Waals surface area contributed by atoms with Crippen molar-refractivity contribution in [3.8, 4) is 0 Å². The molecule has 2 saturated heterocycles. The summed E-state index contributed by atoms with van der Waals surface area (Å²) in [7, 11) is -3.83. The monoisotopic (exact) mass is 652 g/mol. The molecule has 4 heterocycles. The molecular formula is C21H23BrF6N4O4S2. The molecule has 8 nitrogen and oxygen atoms in total. The van der Waals surface area contributed by atoms with Gasteiger partial charge in [-0.1, -0.05) is 0 Å². The highest BCUT2D eigenvalue weighted by Gasteiger charge is 2.71. The van der Waals surface area contributed by atoms with Crippen LogP contribution in [-0.4, -0.2) is 79.0 Å². The van der Waals surface area contributed by atoms with E-state index >= 15 is 0 Å². The van der Waals surface area contributed by atoms with Crippen LogP contribution in [0.5, 0.6) is 0 Å². The first-order chi connectivity index (χ1) is 17.6. The molecule has 38 heavy (non-hydrogen) atoms. The predicted octanol–water partition coefficient (Wildman–Crippen LogP) is 4.31. The molecule has 0 radical (unpaired) electrons. The van der Waals surface area contributed by atoms with Crippen molar-refractivity contribution in [3.05, 3.63) is 33.9 Å². The molecule has 2 aromatic heterocycles. The number of ether oxygens (including phenoxy) is 1. The topological polar surface area (TPSA) is 95.9 Å². The lowest BCUT2D eigenvalue weighted by Gasteiger charge is -2.42. The van der Waals surface area contributed by atoms with E-state index in [1.807, 2.05) is 0 Å². The Hall–Kier alpha value is -1.53. The van der Waals surface area contributed by atoms with Gasteiger partial charge in [-0.25, -0.2) is 18.4 Å². The zero-order valence-electron chi connectivity index (χ0n) is 19.5. The molecule has 17 heteroatoms. The molecule has 212 valence electrons. The largest absolute Gasteiger partial charge is 0.430 e. The normalized spacial score (nSPS) is 21.2. The average Bonchev–Trinajstić information content (AvgIpc) is 3.30. The molecular weight excluding hydrogens is 630 g/mol. The molecule has 0 amide bonds. The van der Waals surface area contributed by atoms with E-state index in [0.717, 1.165) is 24.2 Å². The second-order valence-electron chi connectivity index (χ2n) is 9.04. The van der Waals surface area contributed by atoms with E-state index in [1.165, 1.54) is 10.4 Å². The third-order valence-electron chi connectivity index (χ3n) is 6.67. The number of hydrogen-bond acceptors (Lipinski definition) is 8. The number of aromatic nitrogens is 2. The molecule has 0 spiro atoms. The van der Waals surface area contributed by atoms with E-state index in [2.05, 4.69) is 25.9 Å². The molecule has 2 aliphatic rings. The number of alkyl halides is 6. The first-order valence-corrected chi connectivity index (χ1v) is 14.5. The van der Waals surface area contributed by atoms with Crippen LogP contribution in [-0.2, 0) is 20.4 Å². The summed E-state index contributed by atoms with van der Waals surface area (Å²) < 4.78 is 113. The Morgan fingerprint density at radius 1 is 1.05 bits per heavy atom. The number of nitrogens with zero attached hydrogens (tertiary/aromatic N) is 4. The number of thiophene rings is 1. The fraction of sp³-hybridized carbons (Fsp3) is 0.619. The molecule has 2 aromatic rings. The fourth-order valence-electron chi connectivity index (χ4n) is 4.58. The van der Waals surface area contributed by atoms with E-state index in [0.29, 0.717) is 35.8 Å². The lowest BCUT2D eigenvalue weighted by Crippen LogP contribution is -2.56. The first-order valence-electron chi connectivity index (χ1n) is 11.4. The van der Waals surface area contributed by atoms with Crippen molar-refractivity contribution in [1.29, 1.82) is 0 Å². The van der Waals surface area contributed by atoms with Crippen molar-refractivity contribution >= 4 is 43.2 Å². The number of anilines is 1. The van der Waals surface area contributed by atoms with Crippen LogP contribution >= 0.6 is 27.3 Å². The molecule has 0 saturated carbocycles. The van der Waals surface area contributed by atoms with Gasteiger partial charge in [-0.05, 0) is 53.2 Å². The van der Waals surface area contributed by atoms with E-state index in [4.69, 9.17) is 4.74 Å². The Balaban J connectivity index is 1.62. The van der Waals surface area contributed by atoms with Gasteiger partial charge in [0, 0.05) is 56.8 Å². The van der Waals surface area contributed by atoms with Crippen LogP contribution in [0.3, 0.4) is 0 Å². The van der Waals surface area contributed by atoms with Gasteiger partial charge >= 0.3 is 12.4 Å². The number of hydrogen-bond donors (Lipinski definition) is 1. The summed E-state index contributed by atoms with van der Waals surface area (Å²) in [5.41, 5.74) is -6.70. The Kier molecular flexibility index (Phi) is 8.37. The van der Waals surface area contributed by atoms with Gasteiger partial charge in [-0.3, -0.25) is 0 Å². The highest BCUT2D eigenvalue weighted by atomic mass is 79.9. The van der Waals surface area contributed by atoms with Crippen LogP contribution < -0.4 is 4.90 Å². The smallest absolute Gasteiger partial charge is 0.381 e. The van der Waals surface area contributed by atoms with Gasteiger partial charge in [-0.2, -0.15) is 30.6 Å². The third-order valence-corrected chi connectivity index (χ3v) is 10.6. The minimum Gasteiger partial charge on any atom is -0.381 e. The summed E-state index contributed by atoms with van der Waals surface area (Å²) in [4.78, 5) is 9.08. The van der Waals surface area contributed by atoms with Crippen molar-refractivity contribution in [2.45, 2.75) is 47.5 Å². The zero-order chi connectivity index (χ0) is 27.9. The highest BCUT2D eigenvalue weighted by Crippen LogP contribution is 2.49. The van der Waals surface area contributed by atoms with Gasteiger partial charge in [0.25, 0.3) is 15.6 Å².